The van der Waals surface area contributed by atoms with Gasteiger partial charge in [-0.1, -0.05) is 35.6 Å². The highest BCUT2D eigenvalue weighted by molar-refractivity contribution is 5.94. The van der Waals surface area contributed by atoms with Gasteiger partial charge in [0.1, 0.15) is 11.3 Å². The summed E-state index contributed by atoms with van der Waals surface area (Å²) in [6.45, 7) is 3.59. The van der Waals surface area contributed by atoms with Gasteiger partial charge in [-0.3, -0.25) is 5.10 Å². The van der Waals surface area contributed by atoms with E-state index in [0.717, 1.165) is 5.52 Å². The van der Waals surface area contributed by atoms with Crippen LogP contribution >= 0.6 is 0 Å². The van der Waals surface area contributed by atoms with E-state index in [1.165, 1.54) is 6.08 Å². The third-order valence-corrected chi connectivity index (χ3v) is 3.24. The van der Waals surface area contributed by atoms with Crippen molar-refractivity contribution in [2.75, 3.05) is 0 Å². The van der Waals surface area contributed by atoms with Gasteiger partial charge in [0.2, 0.25) is 0 Å². The molecule has 0 saturated carbocycles. The summed E-state index contributed by atoms with van der Waals surface area (Å²) in [7, 11) is 0. The van der Waals surface area contributed by atoms with Gasteiger partial charge in [-0.25, -0.2) is 0 Å². The Balaban J connectivity index is 2.34. The van der Waals surface area contributed by atoms with Crippen molar-refractivity contribution in [3.8, 4) is 16.9 Å². The summed E-state index contributed by atoms with van der Waals surface area (Å²) in [5.74, 6) is 0.0823. The average molecular weight is 267 g/mol. The Morgan fingerprint density at radius 1 is 1.20 bits per heavy atom. The Kier molecular flexibility index (Phi) is 2.96. The number of hydrogen-bond donors (Lipinski definition) is 3. The Morgan fingerprint density at radius 3 is 2.80 bits per heavy atom. The molecule has 0 bridgehead atoms. The highest BCUT2D eigenvalue weighted by Crippen LogP contribution is 2.38. The van der Waals surface area contributed by atoms with Crippen molar-refractivity contribution in [3.63, 3.8) is 0 Å². The molecule has 2 aromatic carbocycles. The minimum Gasteiger partial charge on any atom is -0.507 e. The SMILES string of the molecule is C=CC(O)c1cccc(O)c1-c1cccc2[nH]nnc12. The number of H-pyrrole nitrogens is 1. The number of aromatic amines is 1. The molecule has 1 heterocycles. The lowest BCUT2D eigenvalue weighted by atomic mass is 9.94. The number of nitrogens with zero attached hydrogens (tertiary/aromatic N) is 2. The maximum atomic E-state index is 10.2. The molecule has 0 spiro atoms. The molecule has 0 radical (unpaired) electrons. The standard InChI is InChI=1S/C15H13N3O2/c1-2-12(19)9-5-4-8-13(20)14(9)10-6-3-7-11-15(10)17-18-16-11/h2-8,12,19-20H,1H2,(H,16,17,18). The number of phenolic OH excluding ortho intramolecular Hbond substituents is 1. The number of aliphatic hydroxyl groups is 1. The molecule has 5 nitrogen and oxygen atoms in total. The molecule has 1 atom stereocenters. The predicted molar refractivity (Wildman–Crippen MR) is 76.1 cm³/mol. The summed E-state index contributed by atoms with van der Waals surface area (Å²) in [5, 5.41) is 30.8. The first-order valence-corrected chi connectivity index (χ1v) is 6.15. The molecule has 100 valence electrons. The second-order valence-electron chi connectivity index (χ2n) is 4.44. The Bertz CT molecular complexity index is 780. The first kappa shape index (κ1) is 12.4. The van der Waals surface area contributed by atoms with Crippen LogP contribution in [0.4, 0.5) is 0 Å². The third-order valence-electron chi connectivity index (χ3n) is 3.24. The van der Waals surface area contributed by atoms with Gasteiger partial charge < -0.3 is 10.2 Å². The number of aliphatic hydroxyl groups excluding tert-OH is 1. The highest BCUT2D eigenvalue weighted by Gasteiger charge is 2.17. The number of aromatic hydroxyl groups is 1. The van der Waals surface area contributed by atoms with Gasteiger partial charge in [0.15, 0.2) is 0 Å². The fourth-order valence-corrected chi connectivity index (χ4v) is 2.30. The first-order chi connectivity index (χ1) is 9.72. The number of rotatable bonds is 3. The number of hydrogen-bond acceptors (Lipinski definition) is 4. The van der Waals surface area contributed by atoms with Gasteiger partial charge in [-0.2, -0.15) is 0 Å². The van der Waals surface area contributed by atoms with Gasteiger partial charge in [0, 0.05) is 11.1 Å². The fourth-order valence-electron chi connectivity index (χ4n) is 2.30. The van der Waals surface area contributed by atoms with Crippen molar-refractivity contribution in [3.05, 3.63) is 54.6 Å². The van der Waals surface area contributed by atoms with Crippen LogP contribution in [0.25, 0.3) is 22.2 Å². The van der Waals surface area contributed by atoms with Crippen LogP contribution in [0.1, 0.15) is 11.7 Å². The Hall–Kier alpha value is -2.66. The smallest absolute Gasteiger partial charge is 0.123 e. The molecular formula is C15H13N3O2. The summed E-state index contributed by atoms with van der Waals surface area (Å²) in [4.78, 5) is 0. The van der Waals surface area contributed by atoms with E-state index in [1.807, 2.05) is 18.2 Å². The Labute approximate surface area is 115 Å². The zero-order valence-corrected chi connectivity index (χ0v) is 10.6. The lowest BCUT2D eigenvalue weighted by molar-refractivity contribution is 0.229. The van der Waals surface area contributed by atoms with Crippen LogP contribution in [0.5, 0.6) is 5.75 Å². The molecule has 3 aromatic rings. The predicted octanol–water partition coefficient (Wildman–Crippen LogP) is 2.55. The lowest BCUT2D eigenvalue weighted by Gasteiger charge is -2.14. The number of phenols is 1. The van der Waals surface area contributed by atoms with Gasteiger partial charge >= 0.3 is 0 Å². The largest absolute Gasteiger partial charge is 0.507 e. The van der Waals surface area contributed by atoms with Crippen LogP contribution in [-0.4, -0.2) is 25.6 Å². The Morgan fingerprint density at radius 2 is 2.00 bits per heavy atom. The summed E-state index contributed by atoms with van der Waals surface area (Å²) in [6, 6.07) is 10.5. The molecule has 0 fully saturated rings. The van der Waals surface area contributed by atoms with E-state index in [-0.39, 0.29) is 5.75 Å². The van der Waals surface area contributed by atoms with Crippen LogP contribution < -0.4 is 0 Å². The number of fused-ring (bicyclic) bond motifs is 1. The summed E-state index contributed by atoms with van der Waals surface area (Å²) in [5.41, 5.74) is 3.25. The van der Waals surface area contributed by atoms with Crippen molar-refractivity contribution in [1.29, 1.82) is 0 Å². The van der Waals surface area contributed by atoms with Crippen LogP contribution in [0.2, 0.25) is 0 Å². The molecular weight excluding hydrogens is 254 g/mol. The van der Waals surface area contributed by atoms with Crippen molar-refractivity contribution in [2.45, 2.75) is 6.10 Å². The van der Waals surface area contributed by atoms with Gasteiger partial charge in [-0.05, 0) is 17.7 Å². The summed E-state index contributed by atoms with van der Waals surface area (Å²) >= 11 is 0. The molecule has 0 saturated heterocycles. The minimum absolute atomic E-state index is 0.0823. The zero-order chi connectivity index (χ0) is 14.1. The molecule has 5 heteroatoms. The molecule has 0 aliphatic heterocycles. The van der Waals surface area contributed by atoms with E-state index >= 15 is 0 Å². The number of nitrogens with one attached hydrogen (secondary N) is 1. The molecule has 1 aromatic heterocycles. The maximum absolute atomic E-state index is 10.2. The van der Waals surface area contributed by atoms with E-state index in [2.05, 4.69) is 22.0 Å². The van der Waals surface area contributed by atoms with Crippen LogP contribution in [0.15, 0.2) is 49.1 Å². The first-order valence-electron chi connectivity index (χ1n) is 6.15. The zero-order valence-electron chi connectivity index (χ0n) is 10.6. The van der Waals surface area contributed by atoms with Crippen molar-refractivity contribution < 1.29 is 10.2 Å². The van der Waals surface area contributed by atoms with Crippen molar-refractivity contribution in [2.24, 2.45) is 0 Å². The molecule has 0 amide bonds. The fraction of sp³-hybridized carbons (Fsp3) is 0.0667. The highest BCUT2D eigenvalue weighted by atomic mass is 16.3. The number of aromatic nitrogens is 3. The van der Waals surface area contributed by atoms with Crippen molar-refractivity contribution in [1.82, 2.24) is 15.4 Å². The molecule has 3 rings (SSSR count). The molecule has 20 heavy (non-hydrogen) atoms. The normalized spacial score (nSPS) is 12.4. The van der Waals surface area contributed by atoms with E-state index in [0.29, 0.717) is 22.2 Å². The second-order valence-corrected chi connectivity index (χ2v) is 4.44. The number of benzene rings is 2. The molecule has 3 N–H and O–H groups in total. The van der Waals surface area contributed by atoms with Gasteiger partial charge in [0.25, 0.3) is 0 Å². The monoisotopic (exact) mass is 267 g/mol. The van der Waals surface area contributed by atoms with E-state index < -0.39 is 6.10 Å². The van der Waals surface area contributed by atoms with E-state index in [4.69, 9.17) is 0 Å². The lowest BCUT2D eigenvalue weighted by Crippen LogP contribution is -1.97. The van der Waals surface area contributed by atoms with E-state index in [9.17, 15) is 10.2 Å². The van der Waals surface area contributed by atoms with Gasteiger partial charge in [0.05, 0.1) is 11.6 Å². The molecule has 1 unspecified atom stereocenters. The molecule has 0 aliphatic carbocycles. The van der Waals surface area contributed by atoms with Gasteiger partial charge in [-0.15, -0.1) is 11.7 Å². The van der Waals surface area contributed by atoms with E-state index in [1.54, 1.807) is 18.2 Å². The maximum Gasteiger partial charge on any atom is 0.123 e. The third kappa shape index (κ3) is 1.85. The summed E-state index contributed by atoms with van der Waals surface area (Å²) < 4.78 is 0. The summed E-state index contributed by atoms with van der Waals surface area (Å²) in [6.07, 6.45) is 0.556. The topological polar surface area (TPSA) is 82.0 Å². The molecule has 0 aliphatic rings. The van der Waals surface area contributed by atoms with Crippen LogP contribution in [0.3, 0.4) is 0 Å². The van der Waals surface area contributed by atoms with Crippen molar-refractivity contribution >= 4 is 11.0 Å². The quantitative estimate of drug-likeness (QED) is 0.637. The second kappa shape index (κ2) is 4.79. The minimum atomic E-state index is -0.862. The van der Waals surface area contributed by atoms with Crippen LogP contribution in [0, 0.1) is 0 Å². The van der Waals surface area contributed by atoms with Crippen LogP contribution in [-0.2, 0) is 0 Å². The average Bonchev–Trinajstić information content (AvgIpc) is 2.94.